The van der Waals surface area contributed by atoms with E-state index < -0.39 is 0 Å². The number of likely N-dealkylation sites (N-methyl/N-ethyl adjacent to an activating group) is 1. The largest absolute Gasteiger partial charge is 0.493 e. The summed E-state index contributed by atoms with van der Waals surface area (Å²) in [4.78, 5) is 26.1. The normalized spacial score (nSPS) is 10.5. The molecule has 0 spiro atoms. The molecular weight excluding hydrogens is 384 g/mol. The van der Waals surface area contributed by atoms with Crippen molar-refractivity contribution in [2.75, 3.05) is 33.9 Å². The number of amides is 2. The third-order valence-corrected chi connectivity index (χ3v) is 4.28. The average Bonchev–Trinajstić information content (AvgIpc) is 2.72. The summed E-state index contributed by atoms with van der Waals surface area (Å²) in [5.74, 6) is 1.18. The van der Waals surface area contributed by atoms with Gasteiger partial charge in [-0.15, -0.1) is 0 Å². The standard InChI is InChI=1S/C23H30N2O5/c1-16(2)24-22(26)15-30-20-11-8-18(14-21(20)28-5)23(27)25(4)12-13-29-19-9-6-17(3)7-10-19/h6-11,14,16H,12-13,15H2,1-5H3,(H,24,26). The molecule has 0 atom stereocenters. The molecule has 2 aromatic carbocycles. The first kappa shape index (κ1) is 23.1. The number of hydrogen-bond acceptors (Lipinski definition) is 5. The summed E-state index contributed by atoms with van der Waals surface area (Å²) in [6, 6.07) is 12.7. The molecule has 0 radical (unpaired) electrons. The Hall–Kier alpha value is -3.22. The van der Waals surface area contributed by atoms with Crippen LogP contribution < -0.4 is 19.5 Å². The van der Waals surface area contributed by atoms with Crippen molar-refractivity contribution in [2.45, 2.75) is 26.8 Å². The van der Waals surface area contributed by atoms with Crippen molar-refractivity contribution in [3.8, 4) is 17.2 Å². The minimum atomic E-state index is -0.222. The minimum Gasteiger partial charge on any atom is -0.493 e. The lowest BCUT2D eigenvalue weighted by atomic mass is 10.1. The fourth-order valence-electron chi connectivity index (χ4n) is 2.68. The van der Waals surface area contributed by atoms with Crippen molar-refractivity contribution >= 4 is 11.8 Å². The van der Waals surface area contributed by atoms with Crippen molar-refractivity contribution in [3.63, 3.8) is 0 Å². The quantitative estimate of drug-likeness (QED) is 0.647. The molecule has 0 aliphatic carbocycles. The van der Waals surface area contributed by atoms with Crippen LogP contribution in [0, 0.1) is 6.92 Å². The van der Waals surface area contributed by atoms with Crippen LogP contribution in [0.2, 0.25) is 0 Å². The Morgan fingerprint density at radius 1 is 1.03 bits per heavy atom. The van der Waals surface area contributed by atoms with Crippen molar-refractivity contribution < 1.29 is 23.8 Å². The highest BCUT2D eigenvalue weighted by Gasteiger charge is 2.16. The maximum atomic E-state index is 12.7. The average molecular weight is 415 g/mol. The topological polar surface area (TPSA) is 77.1 Å². The number of benzene rings is 2. The predicted octanol–water partition coefficient (Wildman–Crippen LogP) is 3.06. The summed E-state index contributed by atoms with van der Waals surface area (Å²) >= 11 is 0. The predicted molar refractivity (Wildman–Crippen MR) is 115 cm³/mol. The van der Waals surface area contributed by atoms with Gasteiger partial charge in [0.2, 0.25) is 0 Å². The lowest BCUT2D eigenvalue weighted by Crippen LogP contribution is -2.34. The molecule has 0 fully saturated rings. The number of rotatable bonds is 10. The molecule has 2 rings (SSSR count). The van der Waals surface area contributed by atoms with Crippen molar-refractivity contribution in [3.05, 3.63) is 53.6 Å². The third kappa shape index (κ3) is 6.99. The number of nitrogens with zero attached hydrogens (tertiary/aromatic N) is 1. The highest BCUT2D eigenvalue weighted by atomic mass is 16.5. The fraction of sp³-hybridized carbons (Fsp3) is 0.391. The monoisotopic (exact) mass is 414 g/mol. The zero-order valence-corrected chi connectivity index (χ0v) is 18.2. The second-order valence-electron chi connectivity index (χ2n) is 7.26. The van der Waals surface area contributed by atoms with Gasteiger partial charge in [-0.25, -0.2) is 0 Å². The summed E-state index contributed by atoms with van der Waals surface area (Å²) in [6.45, 7) is 6.46. The zero-order valence-electron chi connectivity index (χ0n) is 18.2. The summed E-state index contributed by atoms with van der Waals surface area (Å²) in [5, 5.41) is 2.75. The van der Waals surface area contributed by atoms with Gasteiger partial charge in [0.1, 0.15) is 12.4 Å². The molecule has 0 heterocycles. The van der Waals surface area contributed by atoms with Crippen molar-refractivity contribution in [1.82, 2.24) is 10.2 Å². The lowest BCUT2D eigenvalue weighted by Gasteiger charge is -2.19. The molecule has 0 aliphatic rings. The van der Waals surface area contributed by atoms with Crippen LogP contribution in [0.15, 0.2) is 42.5 Å². The van der Waals surface area contributed by atoms with E-state index >= 15 is 0 Å². The first-order valence-corrected chi connectivity index (χ1v) is 9.85. The number of ether oxygens (including phenoxy) is 3. The van der Waals surface area contributed by atoms with Gasteiger partial charge >= 0.3 is 0 Å². The Balaban J connectivity index is 1.92. The van der Waals surface area contributed by atoms with E-state index in [-0.39, 0.29) is 24.5 Å². The van der Waals surface area contributed by atoms with E-state index in [1.807, 2.05) is 45.0 Å². The second kappa shape index (κ2) is 11.1. The second-order valence-corrected chi connectivity index (χ2v) is 7.26. The van der Waals surface area contributed by atoms with Gasteiger partial charge in [0, 0.05) is 18.7 Å². The van der Waals surface area contributed by atoms with Crippen LogP contribution in [-0.2, 0) is 4.79 Å². The van der Waals surface area contributed by atoms with E-state index in [4.69, 9.17) is 14.2 Å². The van der Waals surface area contributed by atoms with E-state index in [2.05, 4.69) is 5.32 Å². The van der Waals surface area contributed by atoms with Gasteiger partial charge in [0.25, 0.3) is 11.8 Å². The van der Waals surface area contributed by atoms with Gasteiger partial charge in [-0.3, -0.25) is 9.59 Å². The van der Waals surface area contributed by atoms with E-state index in [1.165, 1.54) is 7.11 Å². The summed E-state index contributed by atoms with van der Waals surface area (Å²) in [7, 11) is 3.21. The first-order chi connectivity index (χ1) is 14.3. The molecule has 0 saturated carbocycles. The zero-order chi connectivity index (χ0) is 22.1. The number of aryl methyl sites for hydroxylation is 1. The Morgan fingerprint density at radius 3 is 2.37 bits per heavy atom. The molecule has 0 bridgehead atoms. The Bertz CT molecular complexity index is 849. The molecule has 0 aromatic heterocycles. The van der Waals surface area contributed by atoms with Gasteiger partial charge in [-0.05, 0) is 51.1 Å². The summed E-state index contributed by atoms with van der Waals surface area (Å²) in [5.41, 5.74) is 1.63. The molecule has 1 N–H and O–H groups in total. The molecule has 0 unspecified atom stereocenters. The Kier molecular flexibility index (Phi) is 8.53. The van der Waals surface area contributed by atoms with Crippen LogP contribution in [0.4, 0.5) is 0 Å². The molecule has 7 nitrogen and oxygen atoms in total. The van der Waals surface area contributed by atoms with Gasteiger partial charge < -0.3 is 24.4 Å². The molecule has 0 aliphatic heterocycles. The first-order valence-electron chi connectivity index (χ1n) is 9.85. The molecule has 7 heteroatoms. The lowest BCUT2D eigenvalue weighted by molar-refractivity contribution is -0.123. The van der Waals surface area contributed by atoms with Gasteiger partial charge in [0.15, 0.2) is 18.1 Å². The Morgan fingerprint density at radius 2 is 1.73 bits per heavy atom. The van der Waals surface area contributed by atoms with E-state index in [1.54, 1.807) is 30.1 Å². The van der Waals surface area contributed by atoms with E-state index in [0.717, 1.165) is 11.3 Å². The maximum Gasteiger partial charge on any atom is 0.258 e. The molecule has 2 amide bonds. The number of methoxy groups -OCH3 is 1. The highest BCUT2D eigenvalue weighted by molar-refractivity contribution is 5.94. The van der Waals surface area contributed by atoms with Gasteiger partial charge in [-0.1, -0.05) is 17.7 Å². The van der Waals surface area contributed by atoms with Crippen LogP contribution in [0.5, 0.6) is 17.2 Å². The smallest absolute Gasteiger partial charge is 0.258 e. The van der Waals surface area contributed by atoms with E-state index in [0.29, 0.717) is 30.2 Å². The number of hydrogen-bond donors (Lipinski definition) is 1. The summed E-state index contributed by atoms with van der Waals surface area (Å²) in [6.07, 6.45) is 0. The fourth-order valence-corrected chi connectivity index (χ4v) is 2.68. The summed E-state index contributed by atoms with van der Waals surface area (Å²) < 4.78 is 16.5. The molecule has 162 valence electrons. The van der Waals surface area contributed by atoms with E-state index in [9.17, 15) is 9.59 Å². The van der Waals surface area contributed by atoms with Crippen LogP contribution in [0.25, 0.3) is 0 Å². The molecular formula is C23H30N2O5. The van der Waals surface area contributed by atoms with Crippen LogP contribution in [-0.4, -0.2) is 56.7 Å². The number of carbonyl (C=O) groups excluding carboxylic acids is 2. The van der Waals surface area contributed by atoms with Crippen molar-refractivity contribution in [2.24, 2.45) is 0 Å². The van der Waals surface area contributed by atoms with Crippen molar-refractivity contribution in [1.29, 1.82) is 0 Å². The third-order valence-electron chi connectivity index (χ3n) is 4.28. The molecule has 2 aromatic rings. The SMILES string of the molecule is COc1cc(C(=O)N(C)CCOc2ccc(C)cc2)ccc1OCC(=O)NC(C)C. The number of nitrogens with one attached hydrogen (secondary N) is 1. The van der Waals surface area contributed by atoms with Crippen LogP contribution >= 0.6 is 0 Å². The van der Waals surface area contributed by atoms with Gasteiger partial charge in [0.05, 0.1) is 13.7 Å². The van der Waals surface area contributed by atoms with Crippen LogP contribution in [0.1, 0.15) is 29.8 Å². The maximum absolute atomic E-state index is 12.7. The number of carbonyl (C=O) groups is 2. The highest BCUT2D eigenvalue weighted by Crippen LogP contribution is 2.28. The van der Waals surface area contributed by atoms with Gasteiger partial charge in [-0.2, -0.15) is 0 Å². The Labute approximate surface area is 177 Å². The molecule has 30 heavy (non-hydrogen) atoms. The molecule has 0 saturated heterocycles. The van der Waals surface area contributed by atoms with Crippen LogP contribution in [0.3, 0.4) is 0 Å². The minimum absolute atomic E-state index is 0.0357.